The summed E-state index contributed by atoms with van der Waals surface area (Å²) >= 11 is 0. The van der Waals surface area contributed by atoms with Crippen LogP contribution in [0.5, 0.6) is 0 Å². The van der Waals surface area contributed by atoms with E-state index in [1.807, 2.05) is 35.2 Å². The molecule has 0 radical (unpaired) electrons. The van der Waals surface area contributed by atoms with E-state index in [0.29, 0.717) is 12.5 Å². The highest BCUT2D eigenvalue weighted by Gasteiger charge is 2.30. The van der Waals surface area contributed by atoms with Gasteiger partial charge in [0, 0.05) is 19.1 Å². The Hall–Kier alpha value is -1.35. The van der Waals surface area contributed by atoms with Gasteiger partial charge in [-0.1, -0.05) is 44.2 Å². The number of carbonyl (C=O) groups excluding carboxylic acids is 1. The zero-order valence-corrected chi connectivity index (χ0v) is 11.9. The Morgan fingerprint density at radius 3 is 2.58 bits per heavy atom. The minimum atomic E-state index is -0.0495. The zero-order valence-electron chi connectivity index (χ0n) is 11.9. The van der Waals surface area contributed by atoms with Gasteiger partial charge in [0.1, 0.15) is 0 Å². The molecule has 0 aliphatic carbocycles. The van der Waals surface area contributed by atoms with Crippen LogP contribution >= 0.6 is 0 Å². The van der Waals surface area contributed by atoms with Crippen molar-refractivity contribution in [3.05, 3.63) is 35.9 Å². The van der Waals surface area contributed by atoms with Crippen molar-refractivity contribution < 1.29 is 4.79 Å². The number of benzene rings is 1. The molecule has 104 valence electrons. The third-order valence-corrected chi connectivity index (χ3v) is 3.86. The smallest absolute Gasteiger partial charge is 0.230 e. The van der Waals surface area contributed by atoms with E-state index >= 15 is 0 Å². The molecule has 0 spiro atoms. The summed E-state index contributed by atoms with van der Waals surface area (Å²) < 4.78 is 0. The standard InChI is InChI=1S/C16H24N2O/c1-12(2)15(13-7-4-3-5-8-13)16(19)18-10-6-9-14(17)11-18/h3-5,7-8,12,14-15H,6,9-11,17H2,1-2H3. The van der Waals surface area contributed by atoms with Gasteiger partial charge in [-0.3, -0.25) is 4.79 Å². The minimum absolute atomic E-state index is 0.0495. The van der Waals surface area contributed by atoms with Crippen molar-refractivity contribution in [1.29, 1.82) is 0 Å². The summed E-state index contributed by atoms with van der Waals surface area (Å²) in [6.07, 6.45) is 2.05. The van der Waals surface area contributed by atoms with Gasteiger partial charge in [-0.15, -0.1) is 0 Å². The first-order chi connectivity index (χ1) is 9.09. The zero-order chi connectivity index (χ0) is 13.8. The van der Waals surface area contributed by atoms with Crippen LogP contribution in [-0.4, -0.2) is 29.9 Å². The fourth-order valence-electron chi connectivity index (χ4n) is 2.88. The lowest BCUT2D eigenvalue weighted by molar-refractivity contribution is -0.135. The van der Waals surface area contributed by atoms with Crippen LogP contribution in [0.1, 0.15) is 38.2 Å². The Morgan fingerprint density at radius 1 is 1.32 bits per heavy atom. The Balaban J connectivity index is 2.17. The quantitative estimate of drug-likeness (QED) is 0.907. The molecule has 2 N–H and O–H groups in total. The van der Waals surface area contributed by atoms with Crippen molar-refractivity contribution in [2.75, 3.05) is 13.1 Å². The molecule has 1 heterocycles. The Morgan fingerprint density at radius 2 is 2.00 bits per heavy atom. The van der Waals surface area contributed by atoms with E-state index in [9.17, 15) is 4.79 Å². The van der Waals surface area contributed by atoms with Crippen molar-refractivity contribution in [3.8, 4) is 0 Å². The molecule has 2 rings (SSSR count). The average Bonchev–Trinajstić information content (AvgIpc) is 2.39. The number of nitrogens with zero attached hydrogens (tertiary/aromatic N) is 1. The molecule has 2 unspecified atom stereocenters. The predicted molar refractivity (Wildman–Crippen MR) is 77.8 cm³/mol. The molecular formula is C16H24N2O. The van der Waals surface area contributed by atoms with Gasteiger partial charge in [-0.2, -0.15) is 0 Å². The van der Waals surface area contributed by atoms with E-state index < -0.39 is 0 Å². The molecule has 0 aromatic heterocycles. The van der Waals surface area contributed by atoms with Crippen molar-refractivity contribution >= 4 is 5.91 Å². The highest BCUT2D eigenvalue weighted by molar-refractivity contribution is 5.84. The molecule has 3 nitrogen and oxygen atoms in total. The molecule has 1 aromatic carbocycles. The lowest BCUT2D eigenvalue weighted by atomic mass is 9.86. The number of amides is 1. The lowest BCUT2D eigenvalue weighted by Gasteiger charge is -2.34. The van der Waals surface area contributed by atoms with Gasteiger partial charge in [0.15, 0.2) is 0 Å². The number of piperidine rings is 1. The number of carbonyl (C=O) groups is 1. The molecule has 1 aliphatic heterocycles. The van der Waals surface area contributed by atoms with Gasteiger partial charge in [-0.25, -0.2) is 0 Å². The second-order valence-corrected chi connectivity index (χ2v) is 5.82. The Kier molecular flexibility index (Phi) is 4.59. The molecule has 2 atom stereocenters. The Bertz CT molecular complexity index is 416. The van der Waals surface area contributed by atoms with Crippen LogP contribution in [0.15, 0.2) is 30.3 Å². The maximum atomic E-state index is 12.8. The van der Waals surface area contributed by atoms with Crippen LogP contribution in [0, 0.1) is 5.92 Å². The average molecular weight is 260 g/mol. The van der Waals surface area contributed by atoms with E-state index in [1.54, 1.807) is 0 Å². The highest BCUT2D eigenvalue weighted by Crippen LogP contribution is 2.27. The van der Waals surface area contributed by atoms with Gasteiger partial charge >= 0.3 is 0 Å². The van der Waals surface area contributed by atoms with E-state index in [1.165, 1.54) is 0 Å². The van der Waals surface area contributed by atoms with Gasteiger partial charge in [0.25, 0.3) is 0 Å². The summed E-state index contributed by atoms with van der Waals surface area (Å²) in [6, 6.07) is 10.2. The fraction of sp³-hybridized carbons (Fsp3) is 0.562. The first kappa shape index (κ1) is 14.1. The molecule has 3 heteroatoms. The van der Waals surface area contributed by atoms with Crippen LogP contribution in [0.4, 0.5) is 0 Å². The van der Waals surface area contributed by atoms with Gasteiger partial charge in [-0.05, 0) is 24.3 Å². The first-order valence-electron chi connectivity index (χ1n) is 7.19. The molecule has 0 bridgehead atoms. The summed E-state index contributed by atoms with van der Waals surface area (Å²) in [4.78, 5) is 14.7. The Labute approximate surface area is 115 Å². The van der Waals surface area contributed by atoms with Gasteiger partial charge in [0.05, 0.1) is 5.92 Å². The third-order valence-electron chi connectivity index (χ3n) is 3.86. The van der Waals surface area contributed by atoms with Crippen LogP contribution in [-0.2, 0) is 4.79 Å². The summed E-state index contributed by atoms with van der Waals surface area (Å²) in [6.45, 7) is 5.77. The maximum Gasteiger partial charge on any atom is 0.230 e. The van der Waals surface area contributed by atoms with Crippen molar-refractivity contribution in [2.45, 2.75) is 38.6 Å². The summed E-state index contributed by atoms with van der Waals surface area (Å²) in [5, 5.41) is 0. The summed E-state index contributed by atoms with van der Waals surface area (Å²) in [7, 11) is 0. The van der Waals surface area contributed by atoms with Crippen molar-refractivity contribution in [2.24, 2.45) is 11.7 Å². The molecule has 1 fully saturated rings. The van der Waals surface area contributed by atoms with E-state index in [2.05, 4.69) is 13.8 Å². The molecule has 1 aliphatic rings. The number of nitrogens with two attached hydrogens (primary N) is 1. The van der Waals surface area contributed by atoms with Crippen LogP contribution in [0.3, 0.4) is 0 Å². The van der Waals surface area contributed by atoms with E-state index in [0.717, 1.165) is 24.9 Å². The van der Waals surface area contributed by atoms with Crippen molar-refractivity contribution in [1.82, 2.24) is 4.90 Å². The van der Waals surface area contributed by atoms with Crippen molar-refractivity contribution in [3.63, 3.8) is 0 Å². The molecule has 1 aromatic rings. The molecule has 1 saturated heterocycles. The number of hydrogen-bond acceptors (Lipinski definition) is 2. The largest absolute Gasteiger partial charge is 0.341 e. The highest BCUT2D eigenvalue weighted by atomic mass is 16.2. The number of likely N-dealkylation sites (tertiary alicyclic amines) is 1. The normalized spacial score (nSPS) is 21.5. The molecule has 1 amide bonds. The van der Waals surface area contributed by atoms with E-state index in [4.69, 9.17) is 5.73 Å². The van der Waals surface area contributed by atoms with Crippen LogP contribution < -0.4 is 5.73 Å². The van der Waals surface area contributed by atoms with Crippen LogP contribution in [0.25, 0.3) is 0 Å². The van der Waals surface area contributed by atoms with Crippen LogP contribution in [0.2, 0.25) is 0 Å². The van der Waals surface area contributed by atoms with E-state index in [-0.39, 0.29) is 17.9 Å². The molecule has 19 heavy (non-hydrogen) atoms. The third kappa shape index (κ3) is 3.35. The summed E-state index contributed by atoms with van der Waals surface area (Å²) in [5.41, 5.74) is 7.10. The second-order valence-electron chi connectivity index (χ2n) is 5.82. The molecule has 0 saturated carbocycles. The molecular weight excluding hydrogens is 236 g/mol. The lowest BCUT2D eigenvalue weighted by Crippen LogP contribution is -2.48. The topological polar surface area (TPSA) is 46.3 Å². The van der Waals surface area contributed by atoms with Gasteiger partial charge in [0.2, 0.25) is 5.91 Å². The SMILES string of the molecule is CC(C)C(C(=O)N1CCCC(N)C1)c1ccccc1. The number of rotatable bonds is 3. The fourth-order valence-corrected chi connectivity index (χ4v) is 2.88. The second kappa shape index (κ2) is 6.20. The maximum absolute atomic E-state index is 12.8. The predicted octanol–water partition coefficient (Wildman–Crippen LogP) is 2.38. The number of hydrogen-bond donors (Lipinski definition) is 1. The minimum Gasteiger partial charge on any atom is -0.341 e. The summed E-state index contributed by atoms with van der Waals surface area (Å²) in [5.74, 6) is 0.482. The first-order valence-corrected chi connectivity index (χ1v) is 7.19. The van der Waals surface area contributed by atoms with Gasteiger partial charge < -0.3 is 10.6 Å². The monoisotopic (exact) mass is 260 g/mol.